The van der Waals surface area contributed by atoms with Crippen molar-refractivity contribution in [2.75, 3.05) is 24.3 Å². The van der Waals surface area contributed by atoms with E-state index in [4.69, 9.17) is 4.42 Å². The average Bonchev–Trinajstić information content (AvgIpc) is 3.15. The Balaban J connectivity index is 1.42. The SMILES string of the molecule is CN(C)c1ccc(/C=C/C(=O)c2ccc(Nc3nc4ccccc4o3)cc2)cc1. The molecule has 1 heterocycles. The number of allylic oxidation sites excluding steroid dienone is 1. The Morgan fingerprint density at radius 2 is 1.69 bits per heavy atom. The third kappa shape index (κ3) is 4.35. The van der Waals surface area contributed by atoms with Gasteiger partial charge >= 0.3 is 0 Å². The summed E-state index contributed by atoms with van der Waals surface area (Å²) in [6.45, 7) is 0. The number of hydrogen-bond donors (Lipinski definition) is 1. The van der Waals surface area contributed by atoms with E-state index in [9.17, 15) is 4.79 Å². The average molecular weight is 383 g/mol. The van der Waals surface area contributed by atoms with Crippen LogP contribution in [0, 0.1) is 0 Å². The van der Waals surface area contributed by atoms with E-state index < -0.39 is 0 Å². The van der Waals surface area contributed by atoms with E-state index in [-0.39, 0.29) is 5.78 Å². The first-order valence-electron chi connectivity index (χ1n) is 9.31. The number of rotatable bonds is 6. The van der Waals surface area contributed by atoms with Crippen LogP contribution in [-0.4, -0.2) is 24.9 Å². The Morgan fingerprint density at radius 1 is 0.966 bits per heavy atom. The molecule has 0 atom stereocenters. The number of carbonyl (C=O) groups is 1. The number of benzene rings is 3. The summed E-state index contributed by atoms with van der Waals surface area (Å²) in [7, 11) is 3.99. The molecule has 0 saturated heterocycles. The molecule has 0 amide bonds. The third-order valence-electron chi connectivity index (χ3n) is 4.55. The second-order valence-corrected chi connectivity index (χ2v) is 6.87. The van der Waals surface area contributed by atoms with Crippen molar-refractivity contribution < 1.29 is 9.21 Å². The molecule has 1 N–H and O–H groups in total. The highest BCUT2D eigenvalue weighted by atomic mass is 16.4. The van der Waals surface area contributed by atoms with Gasteiger partial charge < -0.3 is 14.6 Å². The van der Waals surface area contributed by atoms with Crippen LogP contribution in [0.2, 0.25) is 0 Å². The zero-order chi connectivity index (χ0) is 20.2. The number of nitrogens with zero attached hydrogens (tertiary/aromatic N) is 2. The standard InChI is InChI=1S/C24H21N3O2/c1-27(2)20-14-7-17(8-15-20)9-16-22(28)18-10-12-19(13-11-18)25-24-26-21-5-3-4-6-23(21)29-24/h3-16H,1-2H3,(H,25,26)/b16-9+. The van der Waals surface area contributed by atoms with Crippen molar-refractivity contribution in [1.82, 2.24) is 4.98 Å². The van der Waals surface area contributed by atoms with Crippen LogP contribution < -0.4 is 10.2 Å². The maximum atomic E-state index is 12.4. The lowest BCUT2D eigenvalue weighted by atomic mass is 10.1. The van der Waals surface area contributed by atoms with E-state index in [1.165, 1.54) is 0 Å². The molecule has 0 unspecified atom stereocenters. The highest BCUT2D eigenvalue weighted by molar-refractivity contribution is 6.07. The zero-order valence-corrected chi connectivity index (χ0v) is 16.3. The van der Waals surface area contributed by atoms with E-state index >= 15 is 0 Å². The van der Waals surface area contributed by atoms with E-state index in [0.29, 0.717) is 11.6 Å². The van der Waals surface area contributed by atoms with E-state index in [0.717, 1.165) is 28.0 Å². The maximum Gasteiger partial charge on any atom is 0.300 e. The number of anilines is 3. The van der Waals surface area contributed by atoms with E-state index in [1.54, 1.807) is 18.2 Å². The van der Waals surface area contributed by atoms with Crippen molar-refractivity contribution in [3.8, 4) is 0 Å². The van der Waals surface area contributed by atoms with Gasteiger partial charge in [0, 0.05) is 31.0 Å². The highest BCUT2D eigenvalue weighted by Crippen LogP contribution is 2.22. The number of nitrogens with one attached hydrogen (secondary N) is 1. The van der Waals surface area contributed by atoms with E-state index in [1.807, 2.05) is 85.7 Å². The van der Waals surface area contributed by atoms with Gasteiger partial charge in [-0.2, -0.15) is 4.98 Å². The van der Waals surface area contributed by atoms with Gasteiger partial charge in [0.05, 0.1) is 0 Å². The molecule has 0 radical (unpaired) electrons. The van der Waals surface area contributed by atoms with Gasteiger partial charge in [0.2, 0.25) is 0 Å². The lowest BCUT2D eigenvalue weighted by molar-refractivity contribution is 0.104. The van der Waals surface area contributed by atoms with Crippen LogP contribution in [0.25, 0.3) is 17.2 Å². The molecular formula is C24H21N3O2. The topological polar surface area (TPSA) is 58.4 Å². The molecule has 0 aliphatic rings. The number of fused-ring (bicyclic) bond motifs is 1. The second-order valence-electron chi connectivity index (χ2n) is 6.87. The summed E-state index contributed by atoms with van der Waals surface area (Å²) < 4.78 is 5.66. The van der Waals surface area contributed by atoms with Gasteiger partial charge in [-0.3, -0.25) is 4.79 Å². The van der Waals surface area contributed by atoms with Crippen LogP contribution in [0.3, 0.4) is 0 Å². The maximum absolute atomic E-state index is 12.4. The second kappa shape index (κ2) is 8.02. The van der Waals surface area contributed by atoms with Gasteiger partial charge in [-0.15, -0.1) is 0 Å². The molecule has 0 fully saturated rings. The molecule has 0 aliphatic heterocycles. The molecule has 5 nitrogen and oxygen atoms in total. The van der Waals surface area contributed by atoms with Crippen molar-refractivity contribution in [2.45, 2.75) is 0 Å². The van der Waals surface area contributed by atoms with Crippen molar-refractivity contribution in [3.05, 3.63) is 90.0 Å². The minimum absolute atomic E-state index is 0.0462. The Hall–Kier alpha value is -3.86. The fourth-order valence-corrected chi connectivity index (χ4v) is 2.92. The van der Waals surface area contributed by atoms with Crippen LogP contribution >= 0.6 is 0 Å². The van der Waals surface area contributed by atoms with Crippen LogP contribution in [0.5, 0.6) is 0 Å². The number of hydrogen-bond acceptors (Lipinski definition) is 5. The van der Waals surface area contributed by atoms with Gasteiger partial charge in [-0.1, -0.05) is 30.3 Å². The first-order chi connectivity index (χ1) is 14.1. The molecule has 3 aromatic carbocycles. The van der Waals surface area contributed by atoms with Gasteiger partial charge in [0.1, 0.15) is 5.52 Å². The highest BCUT2D eigenvalue weighted by Gasteiger charge is 2.06. The number of aromatic nitrogens is 1. The van der Waals surface area contributed by atoms with Gasteiger partial charge in [0.25, 0.3) is 6.01 Å². The van der Waals surface area contributed by atoms with Gasteiger partial charge in [-0.05, 0) is 60.2 Å². The molecule has 4 aromatic rings. The predicted octanol–water partition coefficient (Wildman–Crippen LogP) is 5.53. The lowest BCUT2D eigenvalue weighted by Gasteiger charge is -2.11. The number of oxazole rings is 1. The Kier molecular flexibility index (Phi) is 5.12. The summed E-state index contributed by atoms with van der Waals surface area (Å²) in [6.07, 6.45) is 3.42. The summed E-state index contributed by atoms with van der Waals surface area (Å²) in [5.74, 6) is -0.0462. The number of carbonyl (C=O) groups excluding carboxylic acids is 1. The molecule has 1 aromatic heterocycles. The Labute approximate surface area is 169 Å². The minimum Gasteiger partial charge on any atom is -0.423 e. The zero-order valence-electron chi connectivity index (χ0n) is 16.3. The summed E-state index contributed by atoms with van der Waals surface area (Å²) in [5.41, 5.74) is 5.05. The molecular weight excluding hydrogens is 362 g/mol. The van der Waals surface area contributed by atoms with Gasteiger partial charge in [-0.25, -0.2) is 0 Å². The number of para-hydroxylation sites is 2. The lowest BCUT2D eigenvalue weighted by Crippen LogP contribution is -2.07. The summed E-state index contributed by atoms with van der Waals surface area (Å²) in [6, 6.07) is 23.3. The van der Waals surface area contributed by atoms with Crippen molar-refractivity contribution >= 4 is 40.3 Å². The largest absolute Gasteiger partial charge is 0.423 e. The third-order valence-corrected chi connectivity index (χ3v) is 4.55. The molecule has 144 valence electrons. The van der Waals surface area contributed by atoms with Gasteiger partial charge in [0.15, 0.2) is 11.4 Å². The first kappa shape index (κ1) is 18.5. The molecule has 5 heteroatoms. The Bertz CT molecular complexity index is 1120. The van der Waals surface area contributed by atoms with Crippen molar-refractivity contribution in [1.29, 1.82) is 0 Å². The smallest absolute Gasteiger partial charge is 0.300 e. The summed E-state index contributed by atoms with van der Waals surface area (Å²) >= 11 is 0. The van der Waals surface area contributed by atoms with Crippen LogP contribution in [0.1, 0.15) is 15.9 Å². The summed E-state index contributed by atoms with van der Waals surface area (Å²) in [4.78, 5) is 18.9. The molecule has 0 spiro atoms. The van der Waals surface area contributed by atoms with Crippen LogP contribution in [-0.2, 0) is 0 Å². The fourth-order valence-electron chi connectivity index (χ4n) is 2.92. The molecule has 4 rings (SSSR count). The monoisotopic (exact) mass is 383 g/mol. The number of ketones is 1. The van der Waals surface area contributed by atoms with Crippen LogP contribution in [0.4, 0.5) is 17.4 Å². The molecule has 29 heavy (non-hydrogen) atoms. The van der Waals surface area contributed by atoms with E-state index in [2.05, 4.69) is 10.3 Å². The fraction of sp³-hybridized carbons (Fsp3) is 0.0833. The predicted molar refractivity (Wildman–Crippen MR) is 118 cm³/mol. The molecule has 0 saturated carbocycles. The van der Waals surface area contributed by atoms with Crippen molar-refractivity contribution in [2.24, 2.45) is 0 Å². The molecule has 0 bridgehead atoms. The van der Waals surface area contributed by atoms with Crippen LogP contribution in [0.15, 0.2) is 83.3 Å². The Morgan fingerprint density at radius 3 is 2.38 bits per heavy atom. The molecule has 0 aliphatic carbocycles. The normalized spacial score (nSPS) is 11.1. The van der Waals surface area contributed by atoms with Crippen molar-refractivity contribution in [3.63, 3.8) is 0 Å². The minimum atomic E-state index is -0.0462. The summed E-state index contributed by atoms with van der Waals surface area (Å²) in [5, 5.41) is 3.12. The first-order valence-corrected chi connectivity index (χ1v) is 9.31. The quantitative estimate of drug-likeness (QED) is 0.350.